The SMILES string of the molecule is O=C(O)CN(c1ncc(Br)cc1[N+](=O)[O-])C1CC1. The summed E-state index contributed by atoms with van der Waals surface area (Å²) >= 11 is 3.12. The zero-order valence-electron chi connectivity index (χ0n) is 9.24. The first-order valence-corrected chi connectivity index (χ1v) is 6.06. The largest absolute Gasteiger partial charge is 0.480 e. The van der Waals surface area contributed by atoms with Crippen LogP contribution in [0.3, 0.4) is 0 Å². The first-order valence-electron chi connectivity index (χ1n) is 5.27. The Hall–Kier alpha value is -1.70. The molecule has 1 N–H and O–H groups in total. The Bertz CT molecular complexity index is 504. The molecule has 1 aromatic rings. The highest BCUT2D eigenvalue weighted by Gasteiger charge is 2.35. The number of hydrogen-bond donors (Lipinski definition) is 1. The van der Waals surface area contributed by atoms with Gasteiger partial charge in [-0.05, 0) is 28.8 Å². The van der Waals surface area contributed by atoms with Crippen molar-refractivity contribution in [2.45, 2.75) is 18.9 Å². The summed E-state index contributed by atoms with van der Waals surface area (Å²) in [5.41, 5.74) is -0.183. The van der Waals surface area contributed by atoms with Crippen LogP contribution in [0.4, 0.5) is 11.5 Å². The second kappa shape index (κ2) is 4.89. The molecule has 0 spiro atoms. The monoisotopic (exact) mass is 315 g/mol. The molecule has 0 aliphatic heterocycles. The smallest absolute Gasteiger partial charge is 0.323 e. The van der Waals surface area contributed by atoms with Crippen LogP contribution in [0.2, 0.25) is 0 Å². The molecule has 1 aliphatic rings. The number of aliphatic carboxylic acids is 1. The van der Waals surface area contributed by atoms with Gasteiger partial charge in [0.15, 0.2) is 0 Å². The van der Waals surface area contributed by atoms with Crippen LogP contribution in [-0.4, -0.2) is 33.6 Å². The van der Waals surface area contributed by atoms with Crippen LogP contribution in [0.1, 0.15) is 12.8 Å². The van der Waals surface area contributed by atoms with Crippen molar-refractivity contribution in [3.8, 4) is 0 Å². The van der Waals surface area contributed by atoms with E-state index in [0.29, 0.717) is 4.47 Å². The summed E-state index contributed by atoms with van der Waals surface area (Å²) in [5.74, 6) is -0.908. The quantitative estimate of drug-likeness (QED) is 0.657. The number of nitrogens with zero attached hydrogens (tertiary/aromatic N) is 3. The molecule has 0 saturated heterocycles. The second-order valence-corrected chi connectivity index (χ2v) is 4.92. The Balaban J connectivity index is 2.40. The van der Waals surface area contributed by atoms with Crippen LogP contribution in [0.5, 0.6) is 0 Å². The van der Waals surface area contributed by atoms with E-state index in [0.717, 1.165) is 12.8 Å². The standard InChI is InChI=1S/C10H10BrN3O4/c11-6-3-8(14(17)18)10(12-4-6)13(5-9(15)16)7-1-2-7/h3-4,7H,1-2,5H2,(H,15,16). The number of anilines is 1. The Morgan fingerprint density at radius 3 is 2.83 bits per heavy atom. The van der Waals surface area contributed by atoms with E-state index >= 15 is 0 Å². The topological polar surface area (TPSA) is 96.6 Å². The molecule has 1 saturated carbocycles. The van der Waals surface area contributed by atoms with Crippen molar-refractivity contribution in [3.05, 3.63) is 26.9 Å². The zero-order chi connectivity index (χ0) is 13.3. The number of nitro groups is 1. The minimum absolute atomic E-state index is 0.0356. The lowest BCUT2D eigenvalue weighted by molar-refractivity contribution is -0.384. The van der Waals surface area contributed by atoms with Crippen molar-refractivity contribution in [1.29, 1.82) is 0 Å². The fourth-order valence-electron chi connectivity index (χ4n) is 1.69. The molecular formula is C10H10BrN3O4. The molecule has 0 radical (unpaired) electrons. The van der Waals surface area contributed by atoms with Crippen molar-refractivity contribution in [3.63, 3.8) is 0 Å². The van der Waals surface area contributed by atoms with Gasteiger partial charge in [-0.15, -0.1) is 0 Å². The highest BCUT2D eigenvalue weighted by Crippen LogP contribution is 2.36. The molecule has 18 heavy (non-hydrogen) atoms. The number of aromatic nitrogens is 1. The summed E-state index contributed by atoms with van der Waals surface area (Å²) in [7, 11) is 0. The van der Waals surface area contributed by atoms with E-state index in [-0.39, 0.29) is 24.1 Å². The lowest BCUT2D eigenvalue weighted by Crippen LogP contribution is -2.32. The molecule has 1 aromatic heterocycles. The van der Waals surface area contributed by atoms with E-state index in [1.165, 1.54) is 17.2 Å². The van der Waals surface area contributed by atoms with Gasteiger partial charge >= 0.3 is 11.7 Å². The minimum Gasteiger partial charge on any atom is -0.480 e. The summed E-state index contributed by atoms with van der Waals surface area (Å²) in [5, 5.41) is 19.8. The van der Waals surface area contributed by atoms with Gasteiger partial charge in [0.25, 0.3) is 0 Å². The van der Waals surface area contributed by atoms with Gasteiger partial charge in [0.1, 0.15) is 6.54 Å². The van der Waals surface area contributed by atoms with E-state index in [4.69, 9.17) is 5.11 Å². The second-order valence-electron chi connectivity index (χ2n) is 4.01. The first-order chi connectivity index (χ1) is 8.49. The Kier molecular flexibility index (Phi) is 3.46. The third-order valence-corrected chi connectivity index (χ3v) is 3.01. The molecule has 0 atom stereocenters. The maximum atomic E-state index is 11.0. The van der Waals surface area contributed by atoms with E-state index in [2.05, 4.69) is 20.9 Å². The van der Waals surface area contributed by atoms with Crippen molar-refractivity contribution >= 4 is 33.4 Å². The predicted octanol–water partition coefficient (Wildman–Crippen LogP) is 1.81. The molecular weight excluding hydrogens is 306 g/mol. The van der Waals surface area contributed by atoms with Crippen LogP contribution < -0.4 is 4.90 Å². The Morgan fingerprint density at radius 1 is 1.67 bits per heavy atom. The average Bonchev–Trinajstić information content (AvgIpc) is 3.09. The molecule has 1 aliphatic carbocycles. The van der Waals surface area contributed by atoms with Gasteiger partial charge in [0, 0.05) is 22.8 Å². The van der Waals surface area contributed by atoms with Gasteiger partial charge in [0.2, 0.25) is 5.82 Å². The van der Waals surface area contributed by atoms with Crippen LogP contribution in [0.15, 0.2) is 16.7 Å². The summed E-state index contributed by atoms with van der Waals surface area (Å²) in [6, 6.07) is 1.37. The van der Waals surface area contributed by atoms with Crippen molar-refractivity contribution in [2.75, 3.05) is 11.4 Å². The number of pyridine rings is 1. The number of halogens is 1. The van der Waals surface area contributed by atoms with Crippen LogP contribution in [0, 0.1) is 10.1 Å². The highest BCUT2D eigenvalue weighted by atomic mass is 79.9. The normalized spacial score (nSPS) is 14.3. The maximum absolute atomic E-state index is 11.0. The lowest BCUT2D eigenvalue weighted by atomic mass is 10.3. The lowest BCUT2D eigenvalue weighted by Gasteiger charge is -2.20. The Morgan fingerprint density at radius 2 is 2.33 bits per heavy atom. The van der Waals surface area contributed by atoms with Gasteiger partial charge < -0.3 is 10.0 Å². The summed E-state index contributed by atoms with van der Waals surface area (Å²) in [6.07, 6.45) is 3.10. The van der Waals surface area contributed by atoms with Crippen molar-refractivity contribution < 1.29 is 14.8 Å². The van der Waals surface area contributed by atoms with E-state index in [1.807, 2.05) is 0 Å². The van der Waals surface area contributed by atoms with Crippen LogP contribution in [0.25, 0.3) is 0 Å². The molecule has 1 fully saturated rings. The highest BCUT2D eigenvalue weighted by molar-refractivity contribution is 9.10. The third-order valence-electron chi connectivity index (χ3n) is 2.58. The molecule has 0 unspecified atom stereocenters. The summed E-state index contributed by atoms with van der Waals surface area (Å²) < 4.78 is 0.490. The van der Waals surface area contributed by atoms with E-state index < -0.39 is 10.9 Å². The molecule has 0 amide bonds. The molecule has 0 bridgehead atoms. The predicted molar refractivity (Wildman–Crippen MR) is 66.6 cm³/mol. The van der Waals surface area contributed by atoms with Crippen molar-refractivity contribution in [2.24, 2.45) is 0 Å². The van der Waals surface area contributed by atoms with E-state index in [1.54, 1.807) is 0 Å². The first kappa shape index (κ1) is 12.7. The molecule has 96 valence electrons. The fourth-order valence-corrected chi connectivity index (χ4v) is 2.01. The molecule has 1 heterocycles. The number of rotatable bonds is 5. The number of hydrogen-bond acceptors (Lipinski definition) is 5. The molecule has 8 heteroatoms. The number of carboxylic acid groups (broad SMARTS) is 1. The zero-order valence-corrected chi connectivity index (χ0v) is 10.8. The van der Waals surface area contributed by atoms with Gasteiger partial charge in [-0.1, -0.05) is 0 Å². The number of carboxylic acids is 1. The minimum atomic E-state index is -1.03. The fraction of sp³-hybridized carbons (Fsp3) is 0.400. The summed E-state index contributed by atoms with van der Waals surface area (Å²) in [6.45, 7) is -0.278. The maximum Gasteiger partial charge on any atom is 0.323 e. The number of carbonyl (C=O) groups is 1. The van der Waals surface area contributed by atoms with Gasteiger partial charge in [-0.3, -0.25) is 14.9 Å². The van der Waals surface area contributed by atoms with Crippen LogP contribution in [-0.2, 0) is 4.79 Å². The average molecular weight is 316 g/mol. The molecule has 2 rings (SSSR count). The van der Waals surface area contributed by atoms with Crippen molar-refractivity contribution in [1.82, 2.24) is 4.98 Å². The van der Waals surface area contributed by atoms with Gasteiger partial charge in [-0.2, -0.15) is 0 Å². The van der Waals surface area contributed by atoms with Gasteiger partial charge in [0.05, 0.1) is 4.92 Å². The summed E-state index contributed by atoms with van der Waals surface area (Å²) in [4.78, 5) is 26.7. The molecule has 0 aromatic carbocycles. The van der Waals surface area contributed by atoms with Crippen LogP contribution >= 0.6 is 15.9 Å². The Labute approximate surface area is 111 Å². The molecule has 7 nitrogen and oxygen atoms in total. The third kappa shape index (κ3) is 2.76. The van der Waals surface area contributed by atoms with Gasteiger partial charge in [-0.25, -0.2) is 4.98 Å². The van der Waals surface area contributed by atoms with E-state index in [9.17, 15) is 14.9 Å².